The van der Waals surface area contributed by atoms with Gasteiger partial charge in [-0.25, -0.2) is 0 Å². The SMILES string of the molecule is OC1C[C@@H]2[C@@H](/C=C/C(F)(F)c3cc4ccccc4s3)[C@H](OC3CCCCO3)C[C@@H]2O1. The molecule has 2 unspecified atom stereocenters. The predicted molar refractivity (Wildman–Crippen MR) is 110 cm³/mol. The molecule has 3 heterocycles. The summed E-state index contributed by atoms with van der Waals surface area (Å²) in [4.78, 5) is 0.0327. The highest BCUT2D eigenvalue weighted by atomic mass is 32.1. The maximum atomic E-state index is 15.0. The molecule has 2 aliphatic heterocycles. The fourth-order valence-electron chi connectivity index (χ4n) is 4.93. The summed E-state index contributed by atoms with van der Waals surface area (Å²) in [5.74, 6) is -3.33. The Morgan fingerprint density at radius 2 is 2.07 bits per heavy atom. The Morgan fingerprint density at radius 3 is 2.87 bits per heavy atom. The van der Waals surface area contributed by atoms with Gasteiger partial charge in [-0.05, 0) is 48.8 Å². The minimum Gasteiger partial charge on any atom is -0.368 e. The molecule has 162 valence electrons. The molecule has 0 amide bonds. The summed E-state index contributed by atoms with van der Waals surface area (Å²) < 4.78 is 48.4. The molecule has 0 spiro atoms. The van der Waals surface area contributed by atoms with E-state index in [2.05, 4.69) is 0 Å². The van der Waals surface area contributed by atoms with E-state index in [-0.39, 0.29) is 35.2 Å². The largest absolute Gasteiger partial charge is 0.368 e. The number of hydrogen-bond donors (Lipinski definition) is 1. The van der Waals surface area contributed by atoms with E-state index in [4.69, 9.17) is 14.2 Å². The predicted octanol–water partition coefficient (Wildman–Crippen LogP) is 5.20. The maximum Gasteiger partial charge on any atom is 0.300 e. The third-order valence-corrected chi connectivity index (χ3v) is 7.62. The van der Waals surface area contributed by atoms with E-state index in [1.54, 1.807) is 12.1 Å². The summed E-state index contributed by atoms with van der Waals surface area (Å²) in [6.07, 6.45) is 4.99. The van der Waals surface area contributed by atoms with Gasteiger partial charge in [0, 0.05) is 30.1 Å². The fourth-order valence-corrected chi connectivity index (χ4v) is 5.94. The zero-order valence-electron chi connectivity index (χ0n) is 16.6. The molecule has 4 nitrogen and oxygen atoms in total. The topological polar surface area (TPSA) is 47.9 Å². The van der Waals surface area contributed by atoms with E-state index in [1.807, 2.05) is 24.3 Å². The van der Waals surface area contributed by atoms with Crippen molar-refractivity contribution in [1.82, 2.24) is 0 Å². The molecule has 7 heteroatoms. The molecule has 2 aromatic rings. The van der Waals surface area contributed by atoms with E-state index in [9.17, 15) is 5.11 Å². The number of benzene rings is 1. The van der Waals surface area contributed by atoms with Gasteiger partial charge in [0.25, 0.3) is 0 Å². The van der Waals surface area contributed by atoms with Crippen LogP contribution in [0, 0.1) is 11.8 Å². The maximum absolute atomic E-state index is 15.0. The van der Waals surface area contributed by atoms with Crippen LogP contribution in [0.3, 0.4) is 0 Å². The van der Waals surface area contributed by atoms with Gasteiger partial charge in [-0.15, -0.1) is 11.3 Å². The van der Waals surface area contributed by atoms with Gasteiger partial charge in [-0.2, -0.15) is 8.78 Å². The van der Waals surface area contributed by atoms with Crippen LogP contribution in [0.4, 0.5) is 8.78 Å². The number of ether oxygens (including phenoxy) is 3. The Labute approximate surface area is 178 Å². The molecule has 5 rings (SSSR count). The van der Waals surface area contributed by atoms with Crippen molar-refractivity contribution in [3.63, 3.8) is 0 Å². The Bertz CT molecular complexity index is 874. The van der Waals surface area contributed by atoms with Crippen molar-refractivity contribution in [1.29, 1.82) is 0 Å². The van der Waals surface area contributed by atoms with Crippen molar-refractivity contribution >= 4 is 21.4 Å². The number of hydrogen-bond acceptors (Lipinski definition) is 5. The van der Waals surface area contributed by atoms with Crippen LogP contribution >= 0.6 is 11.3 Å². The molecule has 1 aliphatic carbocycles. The minimum atomic E-state index is -3.06. The van der Waals surface area contributed by atoms with Crippen LogP contribution in [0.1, 0.15) is 37.0 Å². The summed E-state index contributed by atoms with van der Waals surface area (Å²) in [7, 11) is 0. The van der Waals surface area contributed by atoms with E-state index < -0.39 is 12.2 Å². The summed E-state index contributed by atoms with van der Waals surface area (Å²) in [6, 6.07) is 8.98. The highest BCUT2D eigenvalue weighted by Gasteiger charge is 2.50. The van der Waals surface area contributed by atoms with Crippen molar-refractivity contribution in [2.24, 2.45) is 11.8 Å². The van der Waals surface area contributed by atoms with Crippen LogP contribution < -0.4 is 0 Å². The second-order valence-corrected chi connectivity index (χ2v) is 9.53. The molecule has 3 aliphatic rings. The number of halogens is 2. The number of alkyl halides is 2. The average Bonchev–Trinajstić information content (AvgIpc) is 3.40. The van der Waals surface area contributed by atoms with Crippen LogP contribution in [0.2, 0.25) is 0 Å². The van der Waals surface area contributed by atoms with Gasteiger partial charge in [-0.1, -0.05) is 24.3 Å². The Balaban J connectivity index is 1.36. The van der Waals surface area contributed by atoms with Crippen LogP contribution in [-0.4, -0.2) is 36.5 Å². The first-order valence-electron chi connectivity index (χ1n) is 10.7. The highest BCUT2D eigenvalue weighted by Crippen LogP contribution is 2.46. The lowest BCUT2D eigenvalue weighted by atomic mass is 9.91. The van der Waals surface area contributed by atoms with Gasteiger partial charge < -0.3 is 19.3 Å². The standard InChI is InChI=1S/C23H26F2O4S/c24-23(25,20-11-14-5-1-2-6-19(14)30-20)9-8-15-16-12-21(26)28-18(16)13-17(15)29-22-7-3-4-10-27-22/h1-2,5-6,8-9,11,15-18,21-22,26H,3-4,7,10,12-13H2/b9-8+/t15-,16-,17-,18+,21?,22?/m1/s1. The van der Waals surface area contributed by atoms with E-state index in [0.29, 0.717) is 19.4 Å². The first-order chi connectivity index (χ1) is 14.5. The second-order valence-electron chi connectivity index (χ2n) is 8.44. The van der Waals surface area contributed by atoms with E-state index in [0.717, 1.165) is 46.8 Å². The van der Waals surface area contributed by atoms with Crippen LogP contribution in [0.25, 0.3) is 10.1 Å². The Morgan fingerprint density at radius 1 is 1.20 bits per heavy atom. The van der Waals surface area contributed by atoms with Crippen molar-refractivity contribution < 1.29 is 28.1 Å². The number of aliphatic hydroxyl groups excluding tert-OH is 1. The van der Waals surface area contributed by atoms with Gasteiger partial charge in [0.05, 0.1) is 17.1 Å². The zero-order chi connectivity index (χ0) is 20.7. The second kappa shape index (κ2) is 8.28. The van der Waals surface area contributed by atoms with Gasteiger partial charge >= 0.3 is 5.92 Å². The minimum absolute atomic E-state index is 0.0250. The van der Waals surface area contributed by atoms with Gasteiger partial charge in [0.1, 0.15) is 0 Å². The molecule has 1 aromatic carbocycles. The average molecular weight is 437 g/mol. The first-order valence-corrected chi connectivity index (χ1v) is 11.5. The summed E-state index contributed by atoms with van der Waals surface area (Å²) in [5, 5.41) is 10.7. The molecule has 6 atom stereocenters. The Kier molecular flexibility index (Phi) is 5.66. The van der Waals surface area contributed by atoms with Gasteiger partial charge in [-0.3, -0.25) is 0 Å². The monoisotopic (exact) mass is 436 g/mol. The lowest BCUT2D eigenvalue weighted by Gasteiger charge is -2.29. The molecule has 30 heavy (non-hydrogen) atoms. The van der Waals surface area contributed by atoms with E-state index >= 15 is 8.78 Å². The molecule has 1 aromatic heterocycles. The lowest BCUT2D eigenvalue weighted by molar-refractivity contribution is -0.196. The fraction of sp³-hybridized carbons (Fsp3) is 0.565. The summed E-state index contributed by atoms with van der Waals surface area (Å²) in [6.45, 7) is 0.671. The van der Waals surface area contributed by atoms with Crippen LogP contribution in [0.15, 0.2) is 42.5 Å². The molecule has 1 N–H and O–H groups in total. The van der Waals surface area contributed by atoms with Gasteiger partial charge in [0.15, 0.2) is 12.6 Å². The number of fused-ring (bicyclic) bond motifs is 2. The van der Waals surface area contributed by atoms with Crippen LogP contribution in [0.5, 0.6) is 0 Å². The van der Waals surface area contributed by atoms with Crippen molar-refractivity contribution in [3.05, 3.63) is 47.4 Å². The molecule has 0 bridgehead atoms. The molecular weight excluding hydrogens is 410 g/mol. The third kappa shape index (κ3) is 4.06. The zero-order valence-corrected chi connectivity index (χ0v) is 17.4. The molecule has 0 radical (unpaired) electrons. The molecular formula is C23H26F2O4S. The van der Waals surface area contributed by atoms with Crippen LogP contribution in [-0.2, 0) is 20.1 Å². The smallest absolute Gasteiger partial charge is 0.300 e. The number of rotatable bonds is 5. The lowest BCUT2D eigenvalue weighted by Crippen LogP contribution is -2.31. The molecule has 1 saturated carbocycles. The molecule has 3 fully saturated rings. The third-order valence-electron chi connectivity index (χ3n) is 6.42. The normalized spacial score (nSPS) is 34.8. The highest BCUT2D eigenvalue weighted by molar-refractivity contribution is 7.19. The quantitative estimate of drug-likeness (QED) is 0.654. The number of allylic oxidation sites excluding steroid dienone is 1. The van der Waals surface area contributed by atoms with Crippen molar-refractivity contribution in [3.8, 4) is 0 Å². The van der Waals surface area contributed by atoms with Crippen molar-refractivity contribution in [2.75, 3.05) is 6.61 Å². The number of thiophene rings is 1. The summed E-state index contributed by atoms with van der Waals surface area (Å²) in [5.41, 5.74) is 0. The van der Waals surface area contributed by atoms with E-state index in [1.165, 1.54) is 0 Å². The first kappa shape index (κ1) is 20.5. The Hall–Kier alpha value is -1.38. The number of aliphatic hydroxyl groups is 1. The summed E-state index contributed by atoms with van der Waals surface area (Å²) >= 11 is 1.12. The van der Waals surface area contributed by atoms with Gasteiger partial charge in [0.2, 0.25) is 0 Å². The van der Waals surface area contributed by atoms with Crippen molar-refractivity contribution in [2.45, 2.75) is 62.8 Å². The molecule has 2 saturated heterocycles.